The fourth-order valence-electron chi connectivity index (χ4n) is 2.61. The second kappa shape index (κ2) is 6.75. The van der Waals surface area contributed by atoms with E-state index >= 15 is 0 Å². The monoisotopic (exact) mass is 276 g/mol. The van der Waals surface area contributed by atoms with Crippen LogP contribution in [-0.2, 0) is 4.79 Å². The summed E-state index contributed by atoms with van der Waals surface area (Å²) in [6.45, 7) is 3.87. The van der Waals surface area contributed by atoms with Crippen molar-refractivity contribution in [2.24, 2.45) is 0 Å². The summed E-state index contributed by atoms with van der Waals surface area (Å²) in [6.07, 6.45) is 4.06. The van der Waals surface area contributed by atoms with Crippen LogP contribution in [0.4, 0.5) is 11.4 Å². The third-order valence-electron chi connectivity index (χ3n) is 3.99. The van der Waals surface area contributed by atoms with Crippen LogP contribution < -0.4 is 10.6 Å². The van der Waals surface area contributed by atoms with E-state index in [-0.39, 0.29) is 12.0 Å². The van der Waals surface area contributed by atoms with Crippen molar-refractivity contribution in [2.75, 3.05) is 10.6 Å². The highest BCUT2D eigenvalue weighted by Crippen LogP contribution is 2.27. The molecule has 1 amide bonds. The lowest BCUT2D eigenvalue weighted by molar-refractivity contribution is -0.115. The van der Waals surface area contributed by atoms with E-state index in [1.165, 1.54) is 0 Å². The number of hydrogen-bond donors (Lipinski definition) is 3. The van der Waals surface area contributed by atoms with E-state index in [1.807, 2.05) is 32.0 Å². The molecule has 0 saturated heterocycles. The highest BCUT2D eigenvalue weighted by Gasteiger charge is 2.19. The molecule has 0 spiro atoms. The Balaban J connectivity index is 2.04. The van der Waals surface area contributed by atoms with E-state index < -0.39 is 0 Å². The zero-order valence-corrected chi connectivity index (χ0v) is 12.3. The van der Waals surface area contributed by atoms with Gasteiger partial charge in [-0.2, -0.15) is 0 Å². The molecular weight excluding hydrogens is 252 g/mol. The van der Waals surface area contributed by atoms with Gasteiger partial charge in [-0.05, 0) is 50.3 Å². The Kier molecular flexibility index (Phi) is 5.01. The van der Waals surface area contributed by atoms with Gasteiger partial charge in [0.1, 0.15) is 0 Å². The first-order chi connectivity index (χ1) is 9.60. The van der Waals surface area contributed by atoms with Gasteiger partial charge >= 0.3 is 0 Å². The summed E-state index contributed by atoms with van der Waals surface area (Å²) in [5.74, 6) is 0.0334. The molecule has 1 fully saturated rings. The minimum atomic E-state index is -0.135. The van der Waals surface area contributed by atoms with Crippen LogP contribution in [0.1, 0.15) is 44.6 Å². The number of benzene rings is 1. The van der Waals surface area contributed by atoms with Crippen LogP contribution in [0, 0.1) is 6.92 Å². The number of rotatable bonds is 4. The van der Waals surface area contributed by atoms with Crippen LogP contribution in [0.3, 0.4) is 0 Å². The normalized spacial score (nSPS) is 22.4. The maximum atomic E-state index is 11.5. The highest BCUT2D eigenvalue weighted by atomic mass is 16.3. The fourth-order valence-corrected chi connectivity index (χ4v) is 2.61. The Hall–Kier alpha value is -1.55. The zero-order chi connectivity index (χ0) is 14.5. The molecule has 4 heteroatoms. The van der Waals surface area contributed by atoms with E-state index in [9.17, 15) is 9.90 Å². The number of amides is 1. The SMILES string of the molecule is CCC(=O)Nc1cccc(NC2CCC(O)CC2)c1C. The van der Waals surface area contributed by atoms with Crippen molar-refractivity contribution >= 4 is 17.3 Å². The standard InChI is InChI=1S/C16H24N2O2/c1-3-16(20)18-15-6-4-5-14(11(15)2)17-12-7-9-13(19)10-8-12/h4-6,12-13,17,19H,3,7-10H2,1-2H3,(H,18,20). The molecule has 110 valence electrons. The van der Waals surface area contributed by atoms with Gasteiger partial charge in [0.25, 0.3) is 0 Å². The minimum Gasteiger partial charge on any atom is -0.393 e. The summed E-state index contributed by atoms with van der Waals surface area (Å²) >= 11 is 0. The minimum absolute atomic E-state index is 0.0334. The van der Waals surface area contributed by atoms with E-state index in [2.05, 4.69) is 10.6 Å². The first-order valence-corrected chi connectivity index (χ1v) is 7.44. The molecule has 1 saturated carbocycles. The van der Waals surface area contributed by atoms with Crippen molar-refractivity contribution in [3.05, 3.63) is 23.8 Å². The predicted octanol–water partition coefficient (Wildman–Crippen LogP) is 3.06. The summed E-state index contributed by atoms with van der Waals surface area (Å²) in [7, 11) is 0. The fraction of sp³-hybridized carbons (Fsp3) is 0.562. The summed E-state index contributed by atoms with van der Waals surface area (Å²) < 4.78 is 0. The third-order valence-corrected chi connectivity index (χ3v) is 3.99. The largest absolute Gasteiger partial charge is 0.393 e. The molecule has 1 aromatic rings. The van der Waals surface area contributed by atoms with Gasteiger partial charge in [-0.1, -0.05) is 13.0 Å². The van der Waals surface area contributed by atoms with Gasteiger partial charge in [-0.25, -0.2) is 0 Å². The van der Waals surface area contributed by atoms with Gasteiger partial charge in [0, 0.05) is 23.8 Å². The van der Waals surface area contributed by atoms with Crippen molar-refractivity contribution in [3.63, 3.8) is 0 Å². The molecular formula is C16H24N2O2. The average molecular weight is 276 g/mol. The Morgan fingerprint density at radius 3 is 2.55 bits per heavy atom. The average Bonchev–Trinajstić information content (AvgIpc) is 2.45. The van der Waals surface area contributed by atoms with Crippen LogP contribution in [0.25, 0.3) is 0 Å². The van der Waals surface area contributed by atoms with Crippen molar-refractivity contribution in [1.29, 1.82) is 0 Å². The number of aliphatic hydroxyl groups excluding tert-OH is 1. The third kappa shape index (κ3) is 3.73. The van der Waals surface area contributed by atoms with Crippen molar-refractivity contribution < 1.29 is 9.90 Å². The van der Waals surface area contributed by atoms with Crippen molar-refractivity contribution in [1.82, 2.24) is 0 Å². The second-order valence-corrected chi connectivity index (χ2v) is 5.53. The Labute approximate surface area is 120 Å². The lowest BCUT2D eigenvalue weighted by atomic mass is 9.93. The number of anilines is 2. The topological polar surface area (TPSA) is 61.4 Å². The number of carbonyl (C=O) groups is 1. The number of carbonyl (C=O) groups excluding carboxylic acids is 1. The lowest BCUT2D eigenvalue weighted by Crippen LogP contribution is -2.28. The molecule has 1 aliphatic rings. The van der Waals surface area contributed by atoms with Crippen LogP contribution in [0.15, 0.2) is 18.2 Å². The molecule has 0 aromatic heterocycles. The Morgan fingerprint density at radius 2 is 1.90 bits per heavy atom. The lowest BCUT2D eigenvalue weighted by Gasteiger charge is -2.28. The summed E-state index contributed by atoms with van der Waals surface area (Å²) in [5, 5.41) is 16.0. The molecule has 2 rings (SSSR count). The van der Waals surface area contributed by atoms with Gasteiger partial charge in [-0.15, -0.1) is 0 Å². The molecule has 20 heavy (non-hydrogen) atoms. The first-order valence-electron chi connectivity index (χ1n) is 7.44. The van der Waals surface area contributed by atoms with Crippen LogP contribution >= 0.6 is 0 Å². The van der Waals surface area contributed by atoms with Crippen molar-refractivity contribution in [2.45, 2.75) is 58.1 Å². The van der Waals surface area contributed by atoms with Gasteiger partial charge in [0.05, 0.1) is 6.10 Å². The smallest absolute Gasteiger partial charge is 0.224 e. The van der Waals surface area contributed by atoms with Crippen molar-refractivity contribution in [3.8, 4) is 0 Å². The van der Waals surface area contributed by atoms with Gasteiger partial charge in [-0.3, -0.25) is 4.79 Å². The highest BCUT2D eigenvalue weighted by molar-refractivity contribution is 5.92. The predicted molar refractivity (Wildman–Crippen MR) is 82.0 cm³/mol. The molecule has 0 atom stereocenters. The second-order valence-electron chi connectivity index (χ2n) is 5.53. The van der Waals surface area contributed by atoms with E-state index in [4.69, 9.17) is 0 Å². The van der Waals surface area contributed by atoms with E-state index in [0.29, 0.717) is 12.5 Å². The summed E-state index contributed by atoms with van der Waals surface area (Å²) in [5.41, 5.74) is 3.01. The molecule has 0 radical (unpaired) electrons. The molecule has 1 aliphatic carbocycles. The van der Waals surface area contributed by atoms with E-state index in [1.54, 1.807) is 0 Å². The number of aliphatic hydroxyl groups is 1. The number of hydrogen-bond acceptors (Lipinski definition) is 3. The molecule has 1 aromatic carbocycles. The quantitative estimate of drug-likeness (QED) is 0.792. The Morgan fingerprint density at radius 1 is 1.25 bits per heavy atom. The molecule has 3 N–H and O–H groups in total. The van der Waals surface area contributed by atoms with Gasteiger partial charge in [0.2, 0.25) is 5.91 Å². The first kappa shape index (κ1) is 14.9. The molecule has 0 bridgehead atoms. The summed E-state index contributed by atoms with van der Waals surface area (Å²) in [4.78, 5) is 11.5. The summed E-state index contributed by atoms with van der Waals surface area (Å²) in [6, 6.07) is 6.34. The van der Waals surface area contributed by atoms with E-state index in [0.717, 1.165) is 42.6 Å². The molecule has 4 nitrogen and oxygen atoms in total. The maximum absolute atomic E-state index is 11.5. The van der Waals surface area contributed by atoms with Gasteiger partial charge in [0.15, 0.2) is 0 Å². The van der Waals surface area contributed by atoms with Crippen LogP contribution in [-0.4, -0.2) is 23.2 Å². The molecule has 0 aliphatic heterocycles. The zero-order valence-electron chi connectivity index (χ0n) is 12.3. The van der Waals surface area contributed by atoms with Gasteiger partial charge < -0.3 is 15.7 Å². The molecule has 0 unspecified atom stereocenters. The number of nitrogens with one attached hydrogen (secondary N) is 2. The van der Waals surface area contributed by atoms with Crippen LogP contribution in [0.5, 0.6) is 0 Å². The Bertz CT molecular complexity index is 466. The molecule has 0 heterocycles. The maximum Gasteiger partial charge on any atom is 0.224 e. The van der Waals surface area contributed by atoms with Crippen LogP contribution in [0.2, 0.25) is 0 Å².